The zero-order valence-corrected chi connectivity index (χ0v) is 13.2. The molecule has 0 saturated heterocycles. The van der Waals surface area contributed by atoms with Crippen LogP contribution in [0, 0.1) is 0 Å². The summed E-state index contributed by atoms with van der Waals surface area (Å²) in [5, 5.41) is 0.585. The molecule has 0 atom stereocenters. The summed E-state index contributed by atoms with van der Waals surface area (Å²) in [5.41, 5.74) is 2.69. The molecule has 2 aromatic heterocycles. The maximum absolute atomic E-state index is 12.1. The van der Waals surface area contributed by atoms with Gasteiger partial charge in [-0.3, -0.25) is 0 Å². The lowest BCUT2D eigenvalue weighted by Gasteiger charge is -2.06. The normalized spacial score (nSPS) is 10.6. The number of methoxy groups -OCH3 is 1. The average molecular weight is 325 g/mol. The van der Waals surface area contributed by atoms with Crippen molar-refractivity contribution < 1.29 is 19.1 Å². The lowest BCUT2D eigenvalue weighted by Crippen LogP contribution is -2.04. The van der Waals surface area contributed by atoms with Crippen LogP contribution in [-0.2, 0) is 9.47 Å². The molecular weight excluding hydrogens is 310 g/mol. The maximum atomic E-state index is 12.1. The number of H-pyrrole nitrogens is 1. The molecule has 0 unspecified atom stereocenters. The van der Waals surface area contributed by atoms with Crippen LogP contribution in [0.3, 0.4) is 0 Å². The zero-order valence-electron chi connectivity index (χ0n) is 13.2. The lowest BCUT2D eigenvalue weighted by molar-refractivity contribution is 0.0527. The van der Waals surface area contributed by atoms with Crippen molar-refractivity contribution in [3.63, 3.8) is 0 Å². The van der Waals surface area contributed by atoms with Crippen LogP contribution in [0.15, 0.2) is 36.8 Å². The van der Waals surface area contributed by atoms with E-state index in [1.165, 1.54) is 13.4 Å². The van der Waals surface area contributed by atoms with Crippen LogP contribution in [-0.4, -0.2) is 40.6 Å². The minimum atomic E-state index is -0.439. The van der Waals surface area contributed by atoms with Gasteiger partial charge in [0.1, 0.15) is 12.0 Å². The molecule has 24 heavy (non-hydrogen) atoms. The van der Waals surface area contributed by atoms with Gasteiger partial charge in [-0.05, 0) is 19.1 Å². The van der Waals surface area contributed by atoms with Gasteiger partial charge in [0.25, 0.3) is 0 Å². The van der Waals surface area contributed by atoms with Gasteiger partial charge in [0.05, 0.1) is 35.9 Å². The topological polar surface area (TPSA) is 94.2 Å². The number of hydrogen-bond acceptors (Lipinski definition) is 6. The highest BCUT2D eigenvalue weighted by Gasteiger charge is 2.19. The Hall–Kier alpha value is -3.22. The number of nitrogens with one attached hydrogen (secondary N) is 1. The van der Waals surface area contributed by atoms with Crippen LogP contribution in [0.4, 0.5) is 0 Å². The van der Waals surface area contributed by atoms with Crippen molar-refractivity contribution in [2.24, 2.45) is 0 Å². The van der Waals surface area contributed by atoms with Gasteiger partial charge in [0, 0.05) is 11.8 Å². The Labute approximate surface area is 137 Å². The second-order valence-corrected chi connectivity index (χ2v) is 4.94. The number of nitrogens with zero attached hydrogens (tertiary/aromatic N) is 2. The van der Waals surface area contributed by atoms with Gasteiger partial charge in [-0.2, -0.15) is 0 Å². The summed E-state index contributed by atoms with van der Waals surface area (Å²) >= 11 is 0. The van der Waals surface area contributed by atoms with Gasteiger partial charge in [-0.15, -0.1) is 0 Å². The molecule has 0 bridgehead atoms. The van der Waals surface area contributed by atoms with E-state index in [4.69, 9.17) is 4.74 Å². The summed E-state index contributed by atoms with van der Waals surface area (Å²) in [6.07, 6.45) is 2.97. The van der Waals surface area contributed by atoms with Crippen LogP contribution in [0.2, 0.25) is 0 Å². The highest BCUT2D eigenvalue weighted by atomic mass is 16.5. The molecular formula is C17H15N3O4. The van der Waals surface area contributed by atoms with E-state index in [1.54, 1.807) is 37.4 Å². The Morgan fingerprint density at radius 1 is 1.12 bits per heavy atom. The monoisotopic (exact) mass is 325 g/mol. The number of ether oxygens (including phenoxy) is 2. The largest absolute Gasteiger partial charge is 0.465 e. The molecule has 0 aliphatic rings. The van der Waals surface area contributed by atoms with Crippen LogP contribution < -0.4 is 0 Å². The summed E-state index contributed by atoms with van der Waals surface area (Å²) in [6, 6.07) is 6.78. The van der Waals surface area contributed by atoms with Gasteiger partial charge in [0.15, 0.2) is 0 Å². The quantitative estimate of drug-likeness (QED) is 0.741. The van der Waals surface area contributed by atoms with Gasteiger partial charge in [0.2, 0.25) is 0 Å². The molecule has 0 saturated carbocycles. The lowest BCUT2D eigenvalue weighted by atomic mass is 10.0. The number of esters is 2. The van der Waals surface area contributed by atoms with E-state index in [-0.39, 0.29) is 6.61 Å². The van der Waals surface area contributed by atoms with E-state index in [2.05, 4.69) is 19.7 Å². The summed E-state index contributed by atoms with van der Waals surface area (Å²) < 4.78 is 9.76. The molecule has 0 spiro atoms. The highest BCUT2D eigenvalue weighted by molar-refractivity contribution is 6.08. The molecule has 7 heteroatoms. The van der Waals surface area contributed by atoms with E-state index in [0.29, 0.717) is 27.9 Å². The Morgan fingerprint density at radius 3 is 2.54 bits per heavy atom. The second-order valence-electron chi connectivity index (χ2n) is 4.94. The summed E-state index contributed by atoms with van der Waals surface area (Å²) in [5.74, 6) is -0.853. The number of rotatable bonds is 4. The molecule has 3 aromatic rings. The van der Waals surface area contributed by atoms with Gasteiger partial charge in [-0.1, -0.05) is 12.1 Å². The fraction of sp³-hybridized carbons (Fsp3) is 0.176. The van der Waals surface area contributed by atoms with E-state index >= 15 is 0 Å². The first-order valence-corrected chi connectivity index (χ1v) is 7.33. The van der Waals surface area contributed by atoms with Crippen LogP contribution in [0.1, 0.15) is 27.6 Å². The van der Waals surface area contributed by atoms with Crippen molar-refractivity contribution in [3.05, 3.63) is 47.9 Å². The fourth-order valence-corrected chi connectivity index (χ4v) is 2.43. The SMILES string of the molecule is CCOC(=O)c1c[nH]c2ncnc(-c3ccc(C(=O)OC)cc3)c12. The molecule has 7 nitrogen and oxygen atoms in total. The molecule has 0 aliphatic heterocycles. The molecule has 2 heterocycles. The summed E-state index contributed by atoms with van der Waals surface area (Å²) in [6.45, 7) is 2.03. The number of fused-ring (bicyclic) bond motifs is 1. The third-order valence-electron chi connectivity index (χ3n) is 3.54. The zero-order chi connectivity index (χ0) is 17.1. The first kappa shape index (κ1) is 15.7. The predicted molar refractivity (Wildman–Crippen MR) is 86.6 cm³/mol. The smallest absolute Gasteiger partial charge is 0.340 e. The van der Waals surface area contributed by atoms with Crippen molar-refractivity contribution in [2.75, 3.05) is 13.7 Å². The Morgan fingerprint density at radius 2 is 1.88 bits per heavy atom. The first-order chi connectivity index (χ1) is 11.7. The fourth-order valence-electron chi connectivity index (χ4n) is 2.43. The minimum absolute atomic E-state index is 0.280. The van der Waals surface area contributed by atoms with E-state index < -0.39 is 11.9 Å². The molecule has 0 radical (unpaired) electrons. The van der Waals surface area contributed by atoms with Gasteiger partial charge >= 0.3 is 11.9 Å². The molecule has 0 amide bonds. The number of hydrogen-bond donors (Lipinski definition) is 1. The molecule has 0 aliphatic carbocycles. The Kier molecular flexibility index (Phi) is 4.24. The number of carbonyl (C=O) groups is 2. The van der Waals surface area contributed by atoms with E-state index in [0.717, 1.165) is 5.56 Å². The molecule has 3 rings (SSSR count). The second kappa shape index (κ2) is 6.49. The van der Waals surface area contributed by atoms with Crippen LogP contribution in [0.25, 0.3) is 22.3 Å². The Bertz CT molecular complexity index is 900. The predicted octanol–water partition coefficient (Wildman–Crippen LogP) is 2.59. The standard InChI is InChI=1S/C17H15N3O4/c1-3-24-17(22)12-8-18-15-13(12)14(19-9-20-15)10-4-6-11(7-5-10)16(21)23-2/h4-9H,3H2,1-2H3,(H,18,19,20). The van der Waals surface area contributed by atoms with Gasteiger partial charge < -0.3 is 14.5 Å². The number of aromatic nitrogens is 3. The number of aromatic amines is 1. The number of carbonyl (C=O) groups excluding carboxylic acids is 2. The minimum Gasteiger partial charge on any atom is -0.465 e. The van der Waals surface area contributed by atoms with Crippen molar-refractivity contribution in [3.8, 4) is 11.3 Å². The molecule has 0 fully saturated rings. The highest BCUT2D eigenvalue weighted by Crippen LogP contribution is 2.28. The molecule has 122 valence electrons. The van der Waals surface area contributed by atoms with Crippen molar-refractivity contribution in [2.45, 2.75) is 6.92 Å². The Balaban J connectivity index is 2.10. The van der Waals surface area contributed by atoms with Crippen molar-refractivity contribution in [1.29, 1.82) is 0 Å². The van der Waals surface area contributed by atoms with Gasteiger partial charge in [-0.25, -0.2) is 19.6 Å². The van der Waals surface area contributed by atoms with Crippen molar-refractivity contribution >= 4 is 23.0 Å². The van der Waals surface area contributed by atoms with Crippen LogP contribution >= 0.6 is 0 Å². The number of benzene rings is 1. The molecule has 1 aromatic carbocycles. The summed E-state index contributed by atoms with van der Waals surface area (Å²) in [7, 11) is 1.33. The van der Waals surface area contributed by atoms with Crippen LogP contribution in [0.5, 0.6) is 0 Å². The maximum Gasteiger partial charge on any atom is 0.340 e. The van der Waals surface area contributed by atoms with Crippen molar-refractivity contribution in [1.82, 2.24) is 15.0 Å². The average Bonchev–Trinajstić information content (AvgIpc) is 3.05. The summed E-state index contributed by atoms with van der Waals surface area (Å²) in [4.78, 5) is 35.0. The van der Waals surface area contributed by atoms with E-state index in [1.807, 2.05) is 0 Å². The molecule has 1 N–H and O–H groups in total. The third kappa shape index (κ3) is 2.71. The third-order valence-corrected chi connectivity index (χ3v) is 3.54. The first-order valence-electron chi connectivity index (χ1n) is 7.33. The van der Waals surface area contributed by atoms with E-state index in [9.17, 15) is 9.59 Å².